The summed E-state index contributed by atoms with van der Waals surface area (Å²) in [4.78, 5) is 0. The minimum atomic E-state index is 0.187. The molecule has 2 aliphatic carbocycles. The lowest BCUT2D eigenvalue weighted by Crippen LogP contribution is -2.40. The molecular formula is C96H62. The molecule has 0 saturated heterocycles. The first-order chi connectivity index (χ1) is 47.6. The van der Waals surface area contributed by atoms with Crippen molar-refractivity contribution in [2.75, 3.05) is 0 Å². The highest BCUT2D eigenvalue weighted by Crippen LogP contribution is 2.47. The lowest BCUT2D eigenvalue weighted by Gasteiger charge is -2.33. The quantitative estimate of drug-likeness (QED) is 0.0998. The number of benzene rings is 17. The maximum atomic E-state index is 2.42. The Kier molecular flexibility index (Phi) is 13.2. The molecule has 19 rings (SSSR count). The highest BCUT2D eigenvalue weighted by Gasteiger charge is 2.32. The summed E-state index contributed by atoms with van der Waals surface area (Å²) in [5.41, 5.74) is 22.5. The summed E-state index contributed by atoms with van der Waals surface area (Å²) < 4.78 is 0. The first-order valence-electron chi connectivity index (χ1n) is 33.6. The van der Waals surface area contributed by atoms with Gasteiger partial charge in [0.1, 0.15) is 0 Å². The molecule has 17 aromatic carbocycles. The van der Waals surface area contributed by atoms with Crippen LogP contribution in [0, 0.1) is 11.8 Å². The number of allylic oxidation sites excluding steroid dienone is 4. The molecule has 96 heavy (non-hydrogen) atoms. The number of hydrogen-bond donors (Lipinski definition) is 0. The topological polar surface area (TPSA) is 0 Å². The summed E-state index contributed by atoms with van der Waals surface area (Å²) in [6.45, 7) is 0. The zero-order chi connectivity index (χ0) is 63.2. The van der Waals surface area contributed by atoms with E-state index >= 15 is 0 Å². The Labute approximate surface area is 558 Å². The summed E-state index contributed by atoms with van der Waals surface area (Å²) >= 11 is 0. The van der Waals surface area contributed by atoms with E-state index in [0.29, 0.717) is 0 Å². The molecule has 0 heterocycles. The van der Waals surface area contributed by atoms with Crippen molar-refractivity contribution in [3.63, 3.8) is 0 Å². The molecule has 2 aliphatic rings. The Hall–Kier alpha value is -12.2. The Morgan fingerprint density at radius 3 is 1.04 bits per heavy atom. The van der Waals surface area contributed by atoms with Crippen molar-refractivity contribution in [2.24, 2.45) is 11.8 Å². The van der Waals surface area contributed by atoms with Gasteiger partial charge in [-0.25, -0.2) is 0 Å². The van der Waals surface area contributed by atoms with Crippen LogP contribution in [0.25, 0.3) is 164 Å². The Balaban J connectivity index is 0.612. The van der Waals surface area contributed by atoms with E-state index in [2.05, 4.69) is 364 Å². The van der Waals surface area contributed by atoms with Crippen LogP contribution in [0.5, 0.6) is 0 Å². The van der Waals surface area contributed by atoms with Gasteiger partial charge in [-0.3, -0.25) is 0 Å². The minimum absolute atomic E-state index is 0.187. The molecule has 0 saturated carbocycles. The van der Waals surface area contributed by atoms with E-state index in [0.717, 1.165) is 0 Å². The monoisotopic (exact) mass is 1210 g/mol. The van der Waals surface area contributed by atoms with E-state index in [1.165, 1.54) is 186 Å². The fourth-order valence-electron chi connectivity index (χ4n) is 16.4. The summed E-state index contributed by atoms with van der Waals surface area (Å²) in [6.07, 6.45) is 9.33. The molecule has 0 aliphatic heterocycles. The van der Waals surface area contributed by atoms with Crippen LogP contribution in [0.2, 0.25) is 0 Å². The molecule has 17 aromatic rings. The first kappa shape index (κ1) is 55.4. The fraction of sp³-hybridized carbons (Fsp3) is 0.0208. The van der Waals surface area contributed by atoms with Gasteiger partial charge in [-0.05, 0) is 204 Å². The van der Waals surface area contributed by atoms with Crippen molar-refractivity contribution >= 4 is 86.6 Å². The Morgan fingerprint density at radius 1 is 0.167 bits per heavy atom. The summed E-state index contributed by atoms with van der Waals surface area (Å²) in [6, 6.07) is 127. The molecule has 0 nitrogen and oxygen atoms in total. The van der Waals surface area contributed by atoms with E-state index in [9.17, 15) is 0 Å². The largest absolute Gasteiger partial charge is 0.0760 e. The molecule has 0 spiro atoms. The standard InChI is InChI=1S/C96H62/c1-3-21-75-62(18-1)20-17-35-76(75)63-38-46-67(47-39-63)94-86-29-11-9-27-84(86)93(85-28-10-12-30-87(85)94)66-44-36-61(37-45-66)70-52-53-72-59-74(55-54-71(72)58-70)79-57-56-78(81-24-5-6-25-82(79)81)64-40-48-68(49-41-64)95-88-31-13-15-33-90(88)96(91-34-16-14-32-89(91)95)69-50-42-65(43-51-69)92-60-73-19-2-4-22-77(73)80-23-7-8-26-83(80)92/h1-60,88,90H. The predicted octanol–water partition coefficient (Wildman–Crippen LogP) is 24.2. The lowest BCUT2D eigenvalue weighted by atomic mass is 9.70. The maximum absolute atomic E-state index is 2.42. The Morgan fingerprint density at radius 2 is 0.510 bits per heavy atom. The van der Waals surface area contributed by atoms with Crippen molar-refractivity contribution in [3.8, 4) is 77.9 Å². The molecule has 0 N–H and O–H groups in total. The van der Waals surface area contributed by atoms with Gasteiger partial charge in [-0.2, -0.15) is 0 Å². The second kappa shape index (κ2) is 22.8. The molecule has 2 unspecified atom stereocenters. The van der Waals surface area contributed by atoms with Crippen LogP contribution in [0.3, 0.4) is 0 Å². The van der Waals surface area contributed by atoms with Gasteiger partial charge in [0, 0.05) is 11.8 Å². The highest BCUT2D eigenvalue weighted by molar-refractivity contribution is 6.22. The lowest BCUT2D eigenvalue weighted by molar-refractivity contribution is 0.686. The summed E-state index contributed by atoms with van der Waals surface area (Å²) in [5, 5.41) is 20.2. The van der Waals surface area contributed by atoms with Crippen molar-refractivity contribution < 1.29 is 0 Å². The van der Waals surface area contributed by atoms with Crippen LogP contribution >= 0.6 is 0 Å². The molecular weight excluding hydrogens is 1150 g/mol. The molecule has 0 radical (unpaired) electrons. The van der Waals surface area contributed by atoms with E-state index in [-0.39, 0.29) is 11.8 Å². The van der Waals surface area contributed by atoms with Gasteiger partial charge >= 0.3 is 0 Å². The maximum Gasteiger partial charge on any atom is 0.0137 e. The van der Waals surface area contributed by atoms with Gasteiger partial charge in [0.25, 0.3) is 0 Å². The van der Waals surface area contributed by atoms with Crippen molar-refractivity contribution in [2.45, 2.75) is 0 Å². The van der Waals surface area contributed by atoms with Crippen molar-refractivity contribution in [1.82, 2.24) is 0 Å². The van der Waals surface area contributed by atoms with Crippen molar-refractivity contribution in [3.05, 3.63) is 386 Å². The molecule has 0 bridgehead atoms. The van der Waals surface area contributed by atoms with Crippen molar-refractivity contribution in [1.29, 1.82) is 0 Å². The van der Waals surface area contributed by atoms with E-state index in [1.807, 2.05) is 0 Å². The Bertz CT molecular complexity index is 6160. The van der Waals surface area contributed by atoms with Crippen LogP contribution in [0.4, 0.5) is 0 Å². The van der Waals surface area contributed by atoms with E-state index in [1.54, 1.807) is 0 Å². The van der Waals surface area contributed by atoms with Gasteiger partial charge < -0.3 is 0 Å². The zero-order valence-electron chi connectivity index (χ0n) is 52.8. The van der Waals surface area contributed by atoms with E-state index in [4.69, 9.17) is 0 Å². The molecule has 0 aromatic heterocycles. The molecule has 446 valence electrons. The van der Waals surface area contributed by atoms with Gasteiger partial charge in [0.2, 0.25) is 0 Å². The van der Waals surface area contributed by atoms with Gasteiger partial charge in [0.15, 0.2) is 0 Å². The first-order valence-corrected chi connectivity index (χ1v) is 33.6. The smallest absolute Gasteiger partial charge is 0.0137 e. The second-order valence-corrected chi connectivity index (χ2v) is 26.0. The highest BCUT2D eigenvalue weighted by atomic mass is 14.3. The third-order valence-corrected chi connectivity index (χ3v) is 20.9. The number of fused-ring (bicyclic) bond motifs is 10. The third-order valence-electron chi connectivity index (χ3n) is 20.9. The van der Waals surface area contributed by atoms with Crippen LogP contribution in [0.15, 0.2) is 364 Å². The summed E-state index contributed by atoms with van der Waals surface area (Å²) in [7, 11) is 0. The fourth-order valence-corrected chi connectivity index (χ4v) is 16.4. The van der Waals surface area contributed by atoms with Gasteiger partial charge in [-0.15, -0.1) is 0 Å². The second-order valence-electron chi connectivity index (χ2n) is 26.0. The SMILES string of the molecule is C1=CC2C(c3ccc(-c4ccc(-c5ccc6cc(-c7ccc(-c8c9ccccc9c(-c9ccc(-c%10cccc%11ccccc%10%11)cc9)c9ccccc89)cc7)ccc6c5)c5ccccc45)cc3)=c3ccccc3=C(c3ccc(-c4cc5ccccc5c5ccccc45)cc3)C2C=C1. The van der Waals surface area contributed by atoms with Crippen LogP contribution in [-0.2, 0) is 0 Å². The zero-order valence-corrected chi connectivity index (χ0v) is 52.8. The number of rotatable bonds is 9. The molecule has 0 heteroatoms. The minimum Gasteiger partial charge on any atom is -0.0760 e. The van der Waals surface area contributed by atoms with Gasteiger partial charge in [0.05, 0.1) is 0 Å². The van der Waals surface area contributed by atoms with Gasteiger partial charge in [-0.1, -0.05) is 346 Å². The van der Waals surface area contributed by atoms with Crippen LogP contribution in [0.1, 0.15) is 11.1 Å². The normalized spacial score (nSPS) is 14.3. The van der Waals surface area contributed by atoms with Crippen LogP contribution < -0.4 is 10.4 Å². The third kappa shape index (κ3) is 9.20. The molecule has 0 amide bonds. The average molecular weight is 1220 g/mol. The molecule has 2 atom stereocenters. The number of hydrogen-bond acceptors (Lipinski definition) is 0. The predicted molar refractivity (Wildman–Crippen MR) is 409 cm³/mol. The van der Waals surface area contributed by atoms with E-state index < -0.39 is 0 Å². The van der Waals surface area contributed by atoms with Crippen LogP contribution in [-0.4, -0.2) is 0 Å². The summed E-state index contributed by atoms with van der Waals surface area (Å²) in [5.74, 6) is 0.378. The average Bonchev–Trinajstić information content (AvgIpc) is 0.751. The molecule has 0 fully saturated rings.